The minimum Gasteiger partial charge on any atom is -0.444 e. The summed E-state index contributed by atoms with van der Waals surface area (Å²) in [5.74, 6) is 1.36. The van der Waals surface area contributed by atoms with E-state index in [9.17, 15) is 9.59 Å². The van der Waals surface area contributed by atoms with Gasteiger partial charge >= 0.3 is 6.09 Å². The maximum atomic E-state index is 12.1. The molecule has 1 saturated heterocycles. The van der Waals surface area contributed by atoms with Crippen LogP contribution in [0.5, 0.6) is 0 Å². The topological polar surface area (TPSA) is 58.6 Å². The summed E-state index contributed by atoms with van der Waals surface area (Å²) in [7, 11) is 0. The van der Waals surface area contributed by atoms with Crippen LogP contribution in [-0.2, 0) is 9.53 Å². The molecule has 20 heavy (non-hydrogen) atoms. The molecule has 0 aromatic heterocycles. The number of nitrogens with zero attached hydrogens (tertiary/aromatic N) is 1. The minimum absolute atomic E-state index is 0.00487. The quantitative estimate of drug-likeness (QED) is 0.844. The lowest BCUT2D eigenvalue weighted by atomic mass is 9.82. The highest BCUT2D eigenvalue weighted by Crippen LogP contribution is 2.35. The van der Waals surface area contributed by atoms with Crippen LogP contribution >= 0.6 is 0 Å². The summed E-state index contributed by atoms with van der Waals surface area (Å²) in [5.41, 5.74) is -0.532. The molecule has 2 aliphatic rings. The maximum absolute atomic E-state index is 12.1. The van der Waals surface area contributed by atoms with Gasteiger partial charge in [0.05, 0.1) is 0 Å². The minimum atomic E-state index is -0.532. The van der Waals surface area contributed by atoms with E-state index in [1.807, 2.05) is 4.90 Å². The van der Waals surface area contributed by atoms with E-state index in [-0.39, 0.29) is 12.5 Å². The van der Waals surface area contributed by atoms with Gasteiger partial charge in [0.25, 0.3) is 0 Å². The summed E-state index contributed by atoms with van der Waals surface area (Å²) in [6.45, 7) is 7.17. The second kappa shape index (κ2) is 6.02. The van der Waals surface area contributed by atoms with Crippen molar-refractivity contribution in [3.63, 3.8) is 0 Å². The second-order valence-corrected chi connectivity index (χ2v) is 6.96. The fraction of sp³-hybridized carbons (Fsp3) is 0.867. The molecule has 1 N–H and O–H groups in total. The van der Waals surface area contributed by atoms with Crippen molar-refractivity contribution >= 4 is 12.0 Å². The van der Waals surface area contributed by atoms with Crippen LogP contribution in [0, 0.1) is 11.8 Å². The highest BCUT2D eigenvalue weighted by Gasteiger charge is 2.36. The van der Waals surface area contributed by atoms with Gasteiger partial charge in [-0.3, -0.25) is 4.79 Å². The zero-order valence-electron chi connectivity index (χ0n) is 12.8. The molecule has 0 aromatic rings. The molecule has 114 valence electrons. The monoisotopic (exact) mass is 282 g/mol. The number of amides is 2. The predicted octanol–water partition coefficient (Wildman–Crippen LogP) is 2.16. The van der Waals surface area contributed by atoms with Crippen molar-refractivity contribution in [2.45, 2.75) is 52.1 Å². The Labute approximate surface area is 121 Å². The third kappa shape index (κ3) is 4.12. The van der Waals surface area contributed by atoms with Crippen LogP contribution in [0.2, 0.25) is 0 Å². The molecule has 5 heteroatoms. The molecule has 5 nitrogen and oxygen atoms in total. The largest absolute Gasteiger partial charge is 0.444 e. The Balaban J connectivity index is 1.74. The fourth-order valence-corrected chi connectivity index (χ4v) is 3.18. The smallest absolute Gasteiger partial charge is 0.408 e. The van der Waals surface area contributed by atoms with E-state index < -0.39 is 11.7 Å². The lowest BCUT2D eigenvalue weighted by Crippen LogP contribution is -2.41. The summed E-state index contributed by atoms with van der Waals surface area (Å²) in [4.78, 5) is 25.5. The van der Waals surface area contributed by atoms with Crippen LogP contribution in [0.1, 0.15) is 46.5 Å². The third-order valence-electron chi connectivity index (χ3n) is 4.11. The van der Waals surface area contributed by atoms with Crippen molar-refractivity contribution in [1.82, 2.24) is 10.2 Å². The molecule has 1 unspecified atom stereocenters. The molecule has 0 spiro atoms. The fourth-order valence-electron chi connectivity index (χ4n) is 3.18. The number of fused-ring (bicyclic) bond motifs is 1. The molecule has 2 atom stereocenters. The van der Waals surface area contributed by atoms with Crippen LogP contribution in [0.25, 0.3) is 0 Å². The molecule has 1 aliphatic carbocycles. The molecule has 0 bridgehead atoms. The van der Waals surface area contributed by atoms with Crippen LogP contribution in [0.4, 0.5) is 4.79 Å². The lowest BCUT2D eigenvalue weighted by Gasteiger charge is -2.22. The van der Waals surface area contributed by atoms with E-state index in [1.165, 1.54) is 25.7 Å². The van der Waals surface area contributed by atoms with Crippen molar-refractivity contribution in [1.29, 1.82) is 0 Å². The van der Waals surface area contributed by atoms with Gasteiger partial charge in [-0.15, -0.1) is 0 Å². The molecular formula is C15H26N2O3. The Bertz CT molecular complexity index is 362. The highest BCUT2D eigenvalue weighted by atomic mass is 16.6. The average molecular weight is 282 g/mol. The van der Waals surface area contributed by atoms with Crippen molar-refractivity contribution in [3.05, 3.63) is 0 Å². The van der Waals surface area contributed by atoms with Gasteiger partial charge in [-0.1, -0.05) is 12.8 Å². The first-order valence-corrected chi connectivity index (χ1v) is 7.60. The normalized spacial score (nSPS) is 26.1. The number of nitrogens with one attached hydrogen (secondary N) is 1. The van der Waals surface area contributed by atoms with Crippen LogP contribution in [0.15, 0.2) is 0 Å². The SMILES string of the molecule is CC(C)(C)OC(=O)NCC(=O)N1CC2CCCC[C@@H]2C1. The Morgan fingerprint density at radius 2 is 1.70 bits per heavy atom. The lowest BCUT2D eigenvalue weighted by molar-refractivity contribution is -0.129. The van der Waals surface area contributed by atoms with Crippen molar-refractivity contribution in [2.24, 2.45) is 11.8 Å². The molecule has 2 fully saturated rings. The van der Waals surface area contributed by atoms with E-state index in [0.29, 0.717) is 11.8 Å². The third-order valence-corrected chi connectivity index (χ3v) is 4.11. The molecule has 2 rings (SSSR count). The van der Waals surface area contributed by atoms with E-state index in [0.717, 1.165) is 13.1 Å². The zero-order valence-corrected chi connectivity index (χ0v) is 12.8. The van der Waals surface area contributed by atoms with E-state index in [4.69, 9.17) is 4.74 Å². The molecule has 0 radical (unpaired) electrons. The van der Waals surface area contributed by atoms with Gasteiger partial charge in [0, 0.05) is 13.1 Å². The number of likely N-dealkylation sites (tertiary alicyclic amines) is 1. The number of hydrogen-bond donors (Lipinski definition) is 1. The standard InChI is InChI=1S/C15H26N2O3/c1-15(2,3)20-14(19)16-8-13(18)17-9-11-6-4-5-7-12(11)10-17/h11-12H,4-10H2,1-3H3,(H,16,19)/t11-,12?/m1/s1. The van der Waals surface area contributed by atoms with Gasteiger partial charge in [-0.2, -0.15) is 0 Å². The molecule has 1 aliphatic heterocycles. The summed E-state index contributed by atoms with van der Waals surface area (Å²) in [6, 6.07) is 0. The summed E-state index contributed by atoms with van der Waals surface area (Å²) >= 11 is 0. The van der Waals surface area contributed by atoms with E-state index in [1.54, 1.807) is 20.8 Å². The zero-order chi connectivity index (χ0) is 14.8. The van der Waals surface area contributed by atoms with Crippen molar-refractivity contribution in [2.75, 3.05) is 19.6 Å². The van der Waals surface area contributed by atoms with Gasteiger partial charge in [0.1, 0.15) is 12.1 Å². The Hall–Kier alpha value is -1.26. The second-order valence-electron chi connectivity index (χ2n) is 6.96. The summed E-state index contributed by atoms with van der Waals surface area (Å²) in [6.07, 6.45) is 4.54. The van der Waals surface area contributed by atoms with Gasteiger partial charge in [-0.05, 0) is 45.4 Å². The van der Waals surface area contributed by atoms with Crippen LogP contribution < -0.4 is 5.32 Å². The van der Waals surface area contributed by atoms with Gasteiger partial charge in [0.15, 0.2) is 0 Å². The van der Waals surface area contributed by atoms with Crippen LogP contribution in [0.3, 0.4) is 0 Å². The highest BCUT2D eigenvalue weighted by molar-refractivity contribution is 5.82. The number of alkyl carbamates (subject to hydrolysis) is 1. The maximum Gasteiger partial charge on any atom is 0.408 e. The number of ether oxygens (including phenoxy) is 1. The molecule has 0 aromatic carbocycles. The van der Waals surface area contributed by atoms with Crippen LogP contribution in [-0.4, -0.2) is 42.1 Å². The average Bonchev–Trinajstić information content (AvgIpc) is 2.77. The number of carbonyl (C=O) groups excluding carboxylic acids is 2. The molecule has 1 heterocycles. The molecular weight excluding hydrogens is 256 g/mol. The Kier molecular flexibility index (Phi) is 4.55. The Morgan fingerprint density at radius 3 is 2.20 bits per heavy atom. The van der Waals surface area contributed by atoms with E-state index >= 15 is 0 Å². The van der Waals surface area contributed by atoms with Crippen molar-refractivity contribution < 1.29 is 14.3 Å². The number of rotatable bonds is 2. The van der Waals surface area contributed by atoms with E-state index in [2.05, 4.69) is 5.32 Å². The Morgan fingerprint density at radius 1 is 1.15 bits per heavy atom. The predicted molar refractivity (Wildman–Crippen MR) is 76.3 cm³/mol. The summed E-state index contributed by atoms with van der Waals surface area (Å²) < 4.78 is 5.12. The first-order valence-electron chi connectivity index (χ1n) is 7.60. The number of hydrogen-bond acceptors (Lipinski definition) is 3. The van der Waals surface area contributed by atoms with Gasteiger partial charge < -0.3 is 15.0 Å². The molecule has 2 amide bonds. The first kappa shape index (κ1) is 15.1. The molecule has 1 saturated carbocycles. The van der Waals surface area contributed by atoms with Gasteiger partial charge in [-0.25, -0.2) is 4.79 Å². The van der Waals surface area contributed by atoms with Gasteiger partial charge in [0.2, 0.25) is 5.91 Å². The number of carbonyl (C=O) groups is 2. The van der Waals surface area contributed by atoms with Crippen molar-refractivity contribution in [3.8, 4) is 0 Å². The summed E-state index contributed by atoms with van der Waals surface area (Å²) in [5, 5.41) is 2.54. The first-order chi connectivity index (χ1) is 9.35.